The number of amides is 1. The number of hydrogen-bond donors (Lipinski definition) is 1. The summed E-state index contributed by atoms with van der Waals surface area (Å²) in [5.74, 6) is 3.16. The molecule has 18 heavy (non-hydrogen) atoms. The Morgan fingerprint density at radius 3 is 2.39 bits per heavy atom. The third-order valence-corrected chi connectivity index (χ3v) is 5.32. The quantitative estimate of drug-likeness (QED) is 0.829. The molecule has 2 aliphatic heterocycles. The lowest BCUT2D eigenvalue weighted by atomic mass is 9.68. The lowest BCUT2D eigenvalue weighted by Crippen LogP contribution is -2.46. The summed E-state index contributed by atoms with van der Waals surface area (Å²) in [6, 6.07) is 0.563. The highest BCUT2D eigenvalue weighted by Crippen LogP contribution is 2.47. The molecule has 0 spiro atoms. The molecule has 2 aliphatic carbocycles. The maximum atomic E-state index is 12.6. The second-order valence-corrected chi connectivity index (χ2v) is 6.88. The van der Waals surface area contributed by atoms with E-state index in [2.05, 4.69) is 17.1 Å². The molecule has 3 nitrogen and oxygen atoms in total. The first kappa shape index (κ1) is 12.5. The SMILES string of the molecule is CNCC(C)C(=O)N1CC2CC3CC(C2)CC1C3. The maximum Gasteiger partial charge on any atom is 0.226 e. The second-order valence-electron chi connectivity index (χ2n) is 6.88. The van der Waals surface area contributed by atoms with Crippen molar-refractivity contribution in [3.63, 3.8) is 0 Å². The fraction of sp³-hybridized carbons (Fsp3) is 0.933. The van der Waals surface area contributed by atoms with Gasteiger partial charge in [-0.1, -0.05) is 6.92 Å². The molecule has 4 aliphatic rings. The molecule has 3 heteroatoms. The second kappa shape index (κ2) is 4.84. The van der Waals surface area contributed by atoms with Crippen molar-refractivity contribution < 1.29 is 4.79 Å². The summed E-state index contributed by atoms with van der Waals surface area (Å²) < 4.78 is 0. The van der Waals surface area contributed by atoms with Gasteiger partial charge in [0.1, 0.15) is 0 Å². The third kappa shape index (κ3) is 2.18. The van der Waals surface area contributed by atoms with Crippen molar-refractivity contribution in [1.29, 1.82) is 0 Å². The van der Waals surface area contributed by atoms with Gasteiger partial charge in [0.15, 0.2) is 0 Å². The van der Waals surface area contributed by atoms with Crippen molar-refractivity contribution in [2.24, 2.45) is 23.7 Å². The molecule has 1 amide bonds. The minimum Gasteiger partial charge on any atom is -0.339 e. The summed E-state index contributed by atoms with van der Waals surface area (Å²) in [4.78, 5) is 14.8. The molecule has 4 bridgehead atoms. The Kier molecular flexibility index (Phi) is 3.35. The highest BCUT2D eigenvalue weighted by Gasteiger charge is 2.44. The first-order chi connectivity index (χ1) is 8.67. The van der Waals surface area contributed by atoms with E-state index in [9.17, 15) is 4.79 Å². The monoisotopic (exact) mass is 250 g/mol. The predicted octanol–water partition coefficient (Wildman–Crippen LogP) is 1.88. The molecule has 1 N–H and O–H groups in total. The van der Waals surface area contributed by atoms with Crippen LogP contribution >= 0.6 is 0 Å². The minimum atomic E-state index is 0.130. The average Bonchev–Trinajstić information content (AvgIpc) is 2.53. The predicted molar refractivity (Wildman–Crippen MR) is 72.1 cm³/mol. The first-order valence-electron chi connectivity index (χ1n) is 7.62. The van der Waals surface area contributed by atoms with Gasteiger partial charge in [0.25, 0.3) is 0 Å². The zero-order chi connectivity index (χ0) is 12.7. The lowest BCUT2D eigenvalue weighted by molar-refractivity contribution is -0.137. The van der Waals surface area contributed by atoms with E-state index in [1.807, 2.05) is 7.05 Å². The molecule has 2 heterocycles. The van der Waals surface area contributed by atoms with Crippen molar-refractivity contribution in [3.8, 4) is 0 Å². The normalized spacial score (nSPS) is 39.8. The summed E-state index contributed by atoms with van der Waals surface area (Å²) in [7, 11) is 1.93. The van der Waals surface area contributed by atoms with E-state index in [0.29, 0.717) is 11.9 Å². The molecule has 3 atom stereocenters. The molecule has 2 saturated heterocycles. The van der Waals surface area contributed by atoms with Gasteiger partial charge >= 0.3 is 0 Å². The van der Waals surface area contributed by atoms with Crippen LogP contribution < -0.4 is 5.32 Å². The highest BCUT2D eigenvalue weighted by atomic mass is 16.2. The standard InChI is InChI=1S/C15H26N2O/c1-10(8-16-2)15(18)17-9-13-4-11-3-12(5-13)7-14(17)6-11/h10-14,16H,3-9H2,1-2H3. The van der Waals surface area contributed by atoms with Crippen molar-refractivity contribution in [1.82, 2.24) is 10.2 Å². The van der Waals surface area contributed by atoms with Gasteiger partial charge in [-0.25, -0.2) is 0 Å². The van der Waals surface area contributed by atoms with Crippen LogP contribution in [0.2, 0.25) is 0 Å². The van der Waals surface area contributed by atoms with Gasteiger partial charge in [0.2, 0.25) is 5.91 Å². The summed E-state index contributed by atoms with van der Waals surface area (Å²) in [5, 5.41) is 3.13. The topological polar surface area (TPSA) is 32.3 Å². The first-order valence-corrected chi connectivity index (χ1v) is 7.62. The van der Waals surface area contributed by atoms with E-state index in [1.165, 1.54) is 32.1 Å². The summed E-state index contributed by atoms with van der Waals surface area (Å²) in [5.41, 5.74) is 0. The molecule has 0 aromatic carbocycles. The van der Waals surface area contributed by atoms with Gasteiger partial charge in [-0.3, -0.25) is 4.79 Å². The molecule has 2 saturated carbocycles. The van der Waals surface area contributed by atoms with Crippen LogP contribution in [-0.2, 0) is 4.79 Å². The molecular weight excluding hydrogens is 224 g/mol. The Morgan fingerprint density at radius 2 is 1.78 bits per heavy atom. The van der Waals surface area contributed by atoms with Crippen LogP contribution in [0.5, 0.6) is 0 Å². The van der Waals surface area contributed by atoms with Crippen LogP contribution in [0.15, 0.2) is 0 Å². The number of fused-ring (bicyclic) bond motifs is 1. The molecular formula is C15H26N2O. The average molecular weight is 250 g/mol. The van der Waals surface area contributed by atoms with E-state index < -0.39 is 0 Å². The number of hydrogen-bond acceptors (Lipinski definition) is 2. The van der Waals surface area contributed by atoms with E-state index in [4.69, 9.17) is 0 Å². The Labute approximate surface area is 110 Å². The fourth-order valence-corrected chi connectivity index (χ4v) is 4.73. The molecule has 3 unspecified atom stereocenters. The van der Waals surface area contributed by atoms with E-state index in [-0.39, 0.29) is 5.92 Å². The third-order valence-electron chi connectivity index (χ3n) is 5.32. The largest absolute Gasteiger partial charge is 0.339 e. The van der Waals surface area contributed by atoms with Crippen molar-refractivity contribution in [2.75, 3.05) is 20.1 Å². The fourth-order valence-electron chi connectivity index (χ4n) is 4.73. The van der Waals surface area contributed by atoms with Crippen molar-refractivity contribution in [2.45, 2.75) is 45.1 Å². The van der Waals surface area contributed by atoms with Crippen LogP contribution in [0, 0.1) is 23.7 Å². The van der Waals surface area contributed by atoms with Gasteiger partial charge in [-0.15, -0.1) is 0 Å². The van der Waals surface area contributed by atoms with Gasteiger partial charge in [-0.2, -0.15) is 0 Å². The number of nitrogens with zero attached hydrogens (tertiary/aromatic N) is 1. The van der Waals surface area contributed by atoms with E-state index >= 15 is 0 Å². The minimum absolute atomic E-state index is 0.130. The number of rotatable bonds is 3. The van der Waals surface area contributed by atoms with Gasteiger partial charge in [0, 0.05) is 25.0 Å². The molecule has 4 fully saturated rings. The maximum absolute atomic E-state index is 12.6. The number of nitrogens with one attached hydrogen (secondary N) is 1. The van der Waals surface area contributed by atoms with E-state index in [0.717, 1.165) is 30.8 Å². The Hall–Kier alpha value is -0.570. The molecule has 0 aromatic rings. The van der Waals surface area contributed by atoms with Crippen LogP contribution in [0.1, 0.15) is 39.0 Å². The van der Waals surface area contributed by atoms with Crippen molar-refractivity contribution in [3.05, 3.63) is 0 Å². The van der Waals surface area contributed by atoms with E-state index in [1.54, 1.807) is 0 Å². The van der Waals surface area contributed by atoms with Crippen molar-refractivity contribution >= 4 is 5.91 Å². The Bertz CT molecular complexity index is 316. The molecule has 4 rings (SSSR count). The number of carbonyl (C=O) groups is 1. The molecule has 102 valence electrons. The smallest absolute Gasteiger partial charge is 0.226 e. The molecule has 0 radical (unpaired) electrons. The highest BCUT2D eigenvalue weighted by molar-refractivity contribution is 5.79. The van der Waals surface area contributed by atoms with Crippen LogP contribution in [0.25, 0.3) is 0 Å². The Balaban J connectivity index is 1.74. The zero-order valence-electron chi connectivity index (χ0n) is 11.7. The van der Waals surface area contributed by atoms with Gasteiger partial charge < -0.3 is 10.2 Å². The summed E-state index contributed by atoms with van der Waals surface area (Å²) in [6.45, 7) is 3.92. The lowest BCUT2D eigenvalue weighted by Gasteiger charge is -2.39. The van der Waals surface area contributed by atoms with Gasteiger partial charge in [0.05, 0.1) is 0 Å². The number of carbonyl (C=O) groups excluding carboxylic acids is 1. The molecule has 0 aromatic heterocycles. The summed E-state index contributed by atoms with van der Waals surface area (Å²) in [6.07, 6.45) is 6.78. The Morgan fingerprint density at radius 1 is 1.17 bits per heavy atom. The zero-order valence-corrected chi connectivity index (χ0v) is 11.7. The van der Waals surface area contributed by atoms with Gasteiger partial charge in [-0.05, 0) is 56.9 Å². The summed E-state index contributed by atoms with van der Waals surface area (Å²) >= 11 is 0. The van der Waals surface area contributed by atoms with Crippen LogP contribution in [-0.4, -0.2) is 37.0 Å². The van der Waals surface area contributed by atoms with Crippen LogP contribution in [0.4, 0.5) is 0 Å². The van der Waals surface area contributed by atoms with Crippen LogP contribution in [0.3, 0.4) is 0 Å².